The lowest BCUT2D eigenvalue weighted by molar-refractivity contribution is -0.115. The molecular formula is C18H19Cl2FN2O3. The van der Waals surface area contributed by atoms with Crippen molar-refractivity contribution >= 4 is 34.8 Å². The van der Waals surface area contributed by atoms with E-state index in [1.165, 1.54) is 26.4 Å². The van der Waals surface area contributed by atoms with Crippen molar-refractivity contribution in [3.8, 4) is 11.5 Å². The van der Waals surface area contributed by atoms with Crippen LogP contribution in [0.25, 0.3) is 0 Å². The van der Waals surface area contributed by atoms with Gasteiger partial charge in [0.15, 0.2) is 0 Å². The number of nitrogens with one attached hydrogen (secondary N) is 2. The fourth-order valence-electron chi connectivity index (χ4n) is 2.33. The van der Waals surface area contributed by atoms with E-state index in [1.807, 2.05) is 0 Å². The van der Waals surface area contributed by atoms with Crippen LogP contribution in [0.3, 0.4) is 0 Å². The van der Waals surface area contributed by atoms with Gasteiger partial charge in [-0.2, -0.15) is 0 Å². The van der Waals surface area contributed by atoms with Crippen molar-refractivity contribution in [3.05, 3.63) is 51.8 Å². The molecule has 2 N–H and O–H groups in total. The van der Waals surface area contributed by atoms with Crippen molar-refractivity contribution in [1.29, 1.82) is 0 Å². The maximum atomic E-state index is 13.6. The van der Waals surface area contributed by atoms with Gasteiger partial charge in [0.2, 0.25) is 5.91 Å². The van der Waals surface area contributed by atoms with E-state index in [0.29, 0.717) is 27.8 Å². The van der Waals surface area contributed by atoms with Gasteiger partial charge in [-0.1, -0.05) is 23.2 Å². The van der Waals surface area contributed by atoms with Crippen molar-refractivity contribution in [2.45, 2.75) is 13.0 Å². The van der Waals surface area contributed by atoms with Crippen LogP contribution in [0.2, 0.25) is 10.0 Å². The molecule has 5 nitrogen and oxygen atoms in total. The lowest BCUT2D eigenvalue weighted by Crippen LogP contribution is -2.30. The molecule has 0 aliphatic carbocycles. The summed E-state index contributed by atoms with van der Waals surface area (Å²) in [5.41, 5.74) is 1.00. The van der Waals surface area contributed by atoms with Crippen LogP contribution in [0.15, 0.2) is 30.3 Å². The molecular weight excluding hydrogens is 382 g/mol. The van der Waals surface area contributed by atoms with Crippen LogP contribution in [-0.2, 0) is 4.79 Å². The van der Waals surface area contributed by atoms with E-state index in [0.717, 1.165) is 0 Å². The van der Waals surface area contributed by atoms with Crippen LogP contribution in [-0.4, -0.2) is 26.7 Å². The van der Waals surface area contributed by atoms with Crippen LogP contribution in [0.4, 0.5) is 10.1 Å². The Morgan fingerprint density at radius 2 is 1.88 bits per heavy atom. The first kappa shape index (κ1) is 20.3. The topological polar surface area (TPSA) is 59.6 Å². The summed E-state index contributed by atoms with van der Waals surface area (Å²) in [6.45, 7) is 1.76. The van der Waals surface area contributed by atoms with Gasteiger partial charge < -0.3 is 20.1 Å². The first-order valence-electron chi connectivity index (χ1n) is 7.75. The molecule has 2 rings (SSSR count). The van der Waals surface area contributed by atoms with Crippen molar-refractivity contribution in [3.63, 3.8) is 0 Å². The second-order valence-corrected chi connectivity index (χ2v) is 6.32. The summed E-state index contributed by atoms with van der Waals surface area (Å²) >= 11 is 11.8. The summed E-state index contributed by atoms with van der Waals surface area (Å²) in [5.74, 6) is 0.236. The van der Waals surface area contributed by atoms with E-state index in [-0.39, 0.29) is 23.5 Å². The van der Waals surface area contributed by atoms with E-state index >= 15 is 0 Å². The highest BCUT2D eigenvalue weighted by molar-refractivity contribution is 6.35. The van der Waals surface area contributed by atoms with Gasteiger partial charge >= 0.3 is 0 Å². The molecule has 26 heavy (non-hydrogen) atoms. The molecule has 2 aromatic carbocycles. The molecule has 1 amide bonds. The monoisotopic (exact) mass is 400 g/mol. The molecule has 0 heterocycles. The van der Waals surface area contributed by atoms with Crippen molar-refractivity contribution in [1.82, 2.24) is 5.32 Å². The standard InChI is InChI=1S/C18H19Cl2FN2O3/c1-10(12-7-15(21)14(20)8-13(12)19)22-9-18(24)23-16-6-11(25-2)4-5-17(16)26-3/h4-8,10,22H,9H2,1-3H3,(H,23,24)/t10-/m0/s1. The highest BCUT2D eigenvalue weighted by atomic mass is 35.5. The Morgan fingerprint density at radius 1 is 1.15 bits per heavy atom. The summed E-state index contributed by atoms with van der Waals surface area (Å²) in [4.78, 5) is 12.2. The molecule has 0 aromatic heterocycles. The maximum absolute atomic E-state index is 13.6. The molecule has 0 bridgehead atoms. The normalized spacial score (nSPS) is 11.8. The largest absolute Gasteiger partial charge is 0.497 e. The Kier molecular flexibility index (Phi) is 7.08. The minimum atomic E-state index is -0.565. The third-order valence-electron chi connectivity index (χ3n) is 3.76. The number of carbonyl (C=O) groups excluding carboxylic acids is 1. The smallest absolute Gasteiger partial charge is 0.238 e. The Bertz CT molecular complexity index is 802. The first-order chi connectivity index (χ1) is 12.3. The molecule has 0 spiro atoms. The van der Waals surface area contributed by atoms with Crippen molar-refractivity contribution < 1.29 is 18.7 Å². The Balaban J connectivity index is 2.02. The summed E-state index contributed by atoms with van der Waals surface area (Å²) in [7, 11) is 3.04. The number of hydrogen-bond acceptors (Lipinski definition) is 4. The van der Waals surface area contributed by atoms with Crippen LogP contribution in [0, 0.1) is 5.82 Å². The lowest BCUT2D eigenvalue weighted by atomic mass is 10.1. The summed E-state index contributed by atoms with van der Waals surface area (Å²) < 4.78 is 24.0. The van der Waals surface area contributed by atoms with Gasteiger partial charge in [0.25, 0.3) is 0 Å². The number of rotatable bonds is 7. The highest BCUT2D eigenvalue weighted by Gasteiger charge is 2.15. The summed E-state index contributed by atoms with van der Waals surface area (Å²) in [6, 6.07) is 7.32. The number of ether oxygens (including phenoxy) is 2. The molecule has 0 fully saturated rings. The molecule has 0 radical (unpaired) electrons. The molecule has 0 aliphatic heterocycles. The third-order valence-corrected chi connectivity index (χ3v) is 4.37. The molecule has 0 unspecified atom stereocenters. The number of hydrogen-bond donors (Lipinski definition) is 2. The van der Waals surface area contributed by atoms with Crippen LogP contribution < -0.4 is 20.1 Å². The second kappa shape index (κ2) is 9.07. The van der Waals surface area contributed by atoms with Gasteiger partial charge in [-0.05, 0) is 36.8 Å². The van der Waals surface area contributed by atoms with Crippen LogP contribution >= 0.6 is 23.2 Å². The first-order valence-corrected chi connectivity index (χ1v) is 8.51. The summed E-state index contributed by atoms with van der Waals surface area (Å²) in [6.07, 6.45) is 0. The van der Waals surface area contributed by atoms with E-state index in [2.05, 4.69) is 10.6 Å². The molecule has 2 aromatic rings. The second-order valence-electron chi connectivity index (χ2n) is 5.50. The van der Waals surface area contributed by atoms with Crippen LogP contribution in [0.5, 0.6) is 11.5 Å². The Morgan fingerprint density at radius 3 is 2.54 bits per heavy atom. The minimum Gasteiger partial charge on any atom is -0.497 e. The third kappa shape index (κ3) is 5.00. The zero-order chi connectivity index (χ0) is 19.3. The molecule has 0 saturated heterocycles. The lowest BCUT2D eigenvalue weighted by Gasteiger charge is -2.17. The van der Waals surface area contributed by atoms with Gasteiger partial charge in [0.05, 0.1) is 31.5 Å². The SMILES string of the molecule is COc1ccc(OC)c(NC(=O)CN[C@@H](C)c2cc(F)c(Cl)cc2Cl)c1. The number of benzene rings is 2. The Hall–Kier alpha value is -2.02. The Labute approximate surface area is 161 Å². The molecule has 140 valence electrons. The number of carbonyl (C=O) groups is 1. The van der Waals surface area contributed by atoms with Gasteiger partial charge in [0, 0.05) is 17.1 Å². The van der Waals surface area contributed by atoms with Crippen molar-refractivity contribution in [2.75, 3.05) is 26.1 Å². The highest BCUT2D eigenvalue weighted by Crippen LogP contribution is 2.30. The summed E-state index contributed by atoms with van der Waals surface area (Å²) in [5, 5.41) is 6.02. The van der Waals surface area contributed by atoms with Gasteiger partial charge in [-0.25, -0.2) is 4.39 Å². The van der Waals surface area contributed by atoms with E-state index in [9.17, 15) is 9.18 Å². The number of amides is 1. The fraction of sp³-hybridized carbons (Fsp3) is 0.278. The predicted octanol–water partition coefficient (Wildman–Crippen LogP) is 4.44. The fourth-order valence-corrected chi connectivity index (χ4v) is 2.88. The number of methoxy groups -OCH3 is 2. The zero-order valence-corrected chi connectivity index (χ0v) is 16.0. The van der Waals surface area contributed by atoms with E-state index in [4.69, 9.17) is 32.7 Å². The molecule has 1 atom stereocenters. The molecule has 0 aliphatic rings. The van der Waals surface area contributed by atoms with Crippen LogP contribution in [0.1, 0.15) is 18.5 Å². The maximum Gasteiger partial charge on any atom is 0.238 e. The van der Waals surface area contributed by atoms with Gasteiger partial charge in [-0.15, -0.1) is 0 Å². The quantitative estimate of drug-likeness (QED) is 0.674. The predicted molar refractivity (Wildman–Crippen MR) is 101 cm³/mol. The number of anilines is 1. The zero-order valence-electron chi connectivity index (χ0n) is 14.5. The minimum absolute atomic E-state index is 0.0118. The number of halogens is 3. The molecule has 0 saturated carbocycles. The average molecular weight is 401 g/mol. The van der Waals surface area contributed by atoms with E-state index in [1.54, 1.807) is 25.1 Å². The average Bonchev–Trinajstić information content (AvgIpc) is 2.62. The molecule has 8 heteroatoms. The van der Waals surface area contributed by atoms with Gasteiger partial charge in [-0.3, -0.25) is 4.79 Å². The van der Waals surface area contributed by atoms with Crippen molar-refractivity contribution in [2.24, 2.45) is 0 Å². The van der Waals surface area contributed by atoms with Gasteiger partial charge in [0.1, 0.15) is 17.3 Å². The van der Waals surface area contributed by atoms with E-state index < -0.39 is 5.82 Å².